The van der Waals surface area contributed by atoms with E-state index in [0.717, 1.165) is 34.8 Å². The zero-order valence-electron chi connectivity index (χ0n) is 18.8. The molecule has 0 spiro atoms. The van der Waals surface area contributed by atoms with E-state index in [9.17, 15) is 4.79 Å². The minimum absolute atomic E-state index is 0.0685. The lowest BCUT2D eigenvalue weighted by molar-refractivity contribution is -0.113. The van der Waals surface area contributed by atoms with E-state index in [2.05, 4.69) is 42.4 Å². The van der Waals surface area contributed by atoms with Crippen LogP contribution in [0.1, 0.15) is 49.4 Å². The average molecular weight is 439 g/mol. The second-order valence-electron chi connectivity index (χ2n) is 7.56. The molecule has 0 aliphatic heterocycles. The summed E-state index contributed by atoms with van der Waals surface area (Å²) in [5.74, 6) is 1.76. The largest absolute Gasteiger partial charge is 0.483 e. The van der Waals surface area contributed by atoms with Gasteiger partial charge in [0.15, 0.2) is 17.1 Å². The number of benzene rings is 2. The van der Waals surface area contributed by atoms with E-state index in [1.807, 2.05) is 54.8 Å². The van der Waals surface area contributed by atoms with Gasteiger partial charge in [-0.2, -0.15) is 0 Å². The van der Waals surface area contributed by atoms with Crippen molar-refractivity contribution in [3.05, 3.63) is 65.0 Å². The molecule has 31 heavy (non-hydrogen) atoms. The highest BCUT2D eigenvalue weighted by molar-refractivity contribution is 7.99. The van der Waals surface area contributed by atoms with Crippen LogP contribution >= 0.6 is 11.8 Å². The number of nitrogens with one attached hydrogen (secondary N) is 1. The van der Waals surface area contributed by atoms with Crippen molar-refractivity contribution in [1.82, 2.24) is 14.8 Å². The summed E-state index contributed by atoms with van der Waals surface area (Å²) in [4.78, 5) is 12.4. The van der Waals surface area contributed by atoms with Gasteiger partial charge in [0.2, 0.25) is 5.91 Å². The monoisotopic (exact) mass is 438 g/mol. The summed E-state index contributed by atoms with van der Waals surface area (Å²) in [6.07, 6.45) is 0.721. The molecular formula is C24H30N4O2S. The Morgan fingerprint density at radius 1 is 1.10 bits per heavy atom. The summed E-state index contributed by atoms with van der Waals surface area (Å²) in [6, 6.07) is 14.1. The van der Waals surface area contributed by atoms with E-state index in [0.29, 0.717) is 11.7 Å². The number of carbonyl (C=O) groups is 1. The molecule has 3 aromatic rings. The number of carbonyl (C=O) groups excluding carboxylic acids is 1. The number of anilines is 1. The first-order valence-electron chi connectivity index (χ1n) is 10.6. The molecule has 164 valence electrons. The molecule has 0 aliphatic carbocycles. The second kappa shape index (κ2) is 10.5. The Kier molecular flexibility index (Phi) is 7.74. The maximum atomic E-state index is 12.4. The van der Waals surface area contributed by atoms with Crippen molar-refractivity contribution in [2.45, 2.75) is 58.8 Å². The number of aryl methyl sites for hydroxylation is 3. The topological polar surface area (TPSA) is 69.0 Å². The number of rotatable bonds is 9. The fourth-order valence-corrected chi connectivity index (χ4v) is 4.22. The first-order chi connectivity index (χ1) is 14.9. The van der Waals surface area contributed by atoms with Crippen LogP contribution in [-0.4, -0.2) is 26.4 Å². The third-order valence-electron chi connectivity index (χ3n) is 4.91. The summed E-state index contributed by atoms with van der Waals surface area (Å²) in [5, 5.41) is 12.3. The van der Waals surface area contributed by atoms with Gasteiger partial charge >= 0.3 is 0 Å². The van der Waals surface area contributed by atoms with Crippen molar-refractivity contribution < 1.29 is 9.53 Å². The van der Waals surface area contributed by atoms with Crippen LogP contribution in [0.2, 0.25) is 0 Å². The van der Waals surface area contributed by atoms with Gasteiger partial charge in [0.05, 0.1) is 5.75 Å². The van der Waals surface area contributed by atoms with Crippen LogP contribution in [0.4, 0.5) is 5.69 Å². The maximum absolute atomic E-state index is 12.4. The number of ether oxygens (including phenoxy) is 1. The Morgan fingerprint density at radius 3 is 2.39 bits per heavy atom. The van der Waals surface area contributed by atoms with Gasteiger partial charge in [0, 0.05) is 12.2 Å². The molecule has 0 bridgehead atoms. The number of hydrogen-bond acceptors (Lipinski definition) is 5. The summed E-state index contributed by atoms with van der Waals surface area (Å²) in [7, 11) is 0. The molecule has 0 aliphatic rings. The van der Waals surface area contributed by atoms with Crippen LogP contribution in [0.5, 0.6) is 5.75 Å². The quantitative estimate of drug-likeness (QED) is 0.456. The molecular weight excluding hydrogens is 408 g/mol. The first-order valence-corrected chi connectivity index (χ1v) is 11.6. The molecule has 1 aromatic heterocycles. The molecule has 0 fully saturated rings. The summed E-state index contributed by atoms with van der Waals surface area (Å²) in [6.45, 7) is 10.9. The lowest BCUT2D eigenvalue weighted by atomic mass is 10.1. The minimum atomic E-state index is -0.256. The Balaban J connectivity index is 1.62. The third-order valence-corrected chi connectivity index (χ3v) is 5.88. The number of hydrogen-bond donors (Lipinski definition) is 1. The fraction of sp³-hybridized carbons (Fsp3) is 0.375. The Hall–Kier alpha value is -2.80. The zero-order chi connectivity index (χ0) is 22.4. The molecule has 1 N–H and O–H groups in total. The predicted octanol–water partition coefficient (Wildman–Crippen LogP) is 5.35. The molecule has 1 unspecified atom stereocenters. The van der Waals surface area contributed by atoms with E-state index in [1.165, 1.54) is 17.3 Å². The summed E-state index contributed by atoms with van der Waals surface area (Å²) in [5.41, 5.74) is 4.36. The van der Waals surface area contributed by atoms with Crippen LogP contribution in [0.15, 0.2) is 47.6 Å². The SMILES string of the molecule is CCc1ccc(NC(=O)CSc2nnc(C(C)Oc3cc(C)cc(C)c3)n2CC)cc1. The van der Waals surface area contributed by atoms with E-state index in [1.54, 1.807) is 0 Å². The van der Waals surface area contributed by atoms with Gasteiger partial charge in [-0.15, -0.1) is 10.2 Å². The molecule has 1 atom stereocenters. The molecule has 1 heterocycles. The van der Waals surface area contributed by atoms with Crippen molar-refractivity contribution in [1.29, 1.82) is 0 Å². The molecule has 0 saturated carbocycles. The number of nitrogens with zero attached hydrogens (tertiary/aromatic N) is 3. The zero-order valence-corrected chi connectivity index (χ0v) is 19.6. The molecule has 6 nitrogen and oxygen atoms in total. The van der Waals surface area contributed by atoms with Crippen LogP contribution < -0.4 is 10.1 Å². The van der Waals surface area contributed by atoms with Gasteiger partial charge < -0.3 is 14.6 Å². The van der Waals surface area contributed by atoms with Gasteiger partial charge in [-0.05, 0) is 75.1 Å². The smallest absolute Gasteiger partial charge is 0.234 e. The molecule has 0 radical (unpaired) electrons. The highest BCUT2D eigenvalue weighted by Crippen LogP contribution is 2.26. The third kappa shape index (κ3) is 6.10. The van der Waals surface area contributed by atoms with Crippen LogP contribution in [0, 0.1) is 13.8 Å². The Labute approximate surface area is 188 Å². The van der Waals surface area contributed by atoms with Crippen molar-refractivity contribution in [2.75, 3.05) is 11.1 Å². The van der Waals surface area contributed by atoms with Gasteiger partial charge in [-0.3, -0.25) is 4.79 Å². The number of amides is 1. The standard InChI is InChI=1S/C24H30N4O2S/c1-6-19-8-10-20(11-9-19)25-22(29)15-31-24-27-26-23(28(24)7-2)18(5)30-21-13-16(3)12-17(4)14-21/h8-14,18H,6-7,15H2,1-5H3,(H,25,29). The van der Waals surface area contributed by atoms with Crippen molar-refractivity contribution >= 4 is 23.4 Å². The van der Waals surface area contributed by atoms with E-state index < -0.39 is 0 Å². The Morgan fingerprint density at radius 2 is 1.77 bits per heavy atom. The van der Waals surface area contributed by atoms with Crippen molar-refractivity contribution in [3.8, 4) is 5.75 Å². The molecule has 3 rings (SSSR count). The first kappa shape index (κ1) is 22.9. The second-order valence-corrected chi connectivity index (χ2v) is 8.50. The predicted molar refractivity (Wildman–Crippen MR) is 126 cm³/mol. The molecule has 7 heteroatoms. The Bertz CT molecular complexity index is 1010. The molecule has 2 aromatic carbocycles. The fourth-order valence-electron chi connectivity index (χ4n) is 3.41. The van der Waals surface area contributed by atoms with Crippen molar-refractivity contribution in [3.63, 3.8) is 0 Å². The van der Waals surface area contributed by atoms with E-state index >= 15 is 0 Å². The number of thioether (sulfide) groups is 1. The highest BCUT2D eigenvalue weighted by Gasteiger charge is 2.19. The lowest BCUT2D eigenvalue weighted by Gasteiger charge is -2.16. The van der Waals surface area contributed by atoms with Gasteiger partial charge in [-0.1, -0.05) is 36.9 Å². The summed E-state index contributed by atoms with van der Waals surface area (Å²) < 4.78 is 8.13. The summed E-state index contributed by atoms with van der Waals surface area (Å²) >= 11 is 1.38. The number of aromatic nitrogens is 3. The van der Waals surface area contributed by atoms with Crippen LogP contribution in [-0.2, 0) is 17.8 Å². The van der Waals surface area contributed by atoms with Gasteiger partial charge in [0.1, 0.15) is 5.75 Å². The molecule has 1 amide bonds. The van der Waals surface area contributed by atoms with Gasteiger partial charge in [-0.25, -0.2) is 0 Å². The van der Waals surface area contributed by atoms with Crippen molar-refractivity contribution in [2.24, 2.45) is 0 Å². The molecule has 0 saturated heterocycles. The maximum Gasteiger partial charge on any atom is 0.234 e. The average Bonchev–Trinajstić information content (AvgIpc) is 3.15. The lowest BCUT2D eigenvalue weighted by Crippen LogP contribution is -2.15. The normalized spacial score (nSPS) is 11.9. The van der Waals surface area contributed by atoms with Gasteiger partial charge in [0.25, 0.3) is 0 Å². The van der Waals surface area contributed by atoms with Crippen LogP contribution in [0.25, 0.3) is 0 Å². The van der Waals surface area contributed by atoms with Crippen LogP contribution in [0.3, 0.4) is 0 Å². The minimum Gasteiger partial charge on any atom is -0.483 e. The van der Waals surface area contributed by atoms with E-state index in [-0.39, 0.29) is 17.8 Å². The van der Waals surface area contributed by atoms with E-state index in [4.69, 9.17) is 4.74 Å². The highest BCUT2D eigenvalue weighted by atomic mass is 32.2.